The maximum atomic E-state index is 12.6. The third-order valence-corrected chi connectivity index (χ3v) is 5.37. The molecular weight excluding hydrogens is 388 g/mol. The summed E-state index contributed by atoms with van der Waals surface area (Å²) in [6.07, 6.45) is 4.21. The predicted octanol–water partition coefficient (Wildman–Crippen LogP) is 4.29. The molecule has 0 saturated carbocycles. The minimum absolute atomic E-state index is 0.0489. The fraction of sp³-hybridized carbons (Fsp3) is 0.280. The van der Waals surface area contributed by atoms with E-state index >= 15 is 0 Å². The first kappa shape index (κ1) is 22.0. The molecule has 0 saturated heterocycles. The molecule has 160 valence electrons. The van der Waals surface area contributed by atoms with Gasteiger partial charge in [-0.2, -0.15) is 5.26 Å². The molecule has 0 aliphatic rings. The first-order valence-corrected chi connectivity index (χ1v) is 10.5. The van der Waals surface area contributed by atoms with Gasteiger partial charge in [0.2, 0.25) is 0 Å². The van der Waals surface area contributed by atoms with Crippen LogP contribution in [0.4, 0.5) is 5.69 Å². The van der Waals surface area contributed by atoms with Gasteiger partial charge in [-0.25, -0.2) is 0 Å². The summed E-state index contributed by atoms with van der Waals surface area (Å²) in [5, 5.41) is 13.5. The summed E-state index contributed by atoms with van der Waals surface area (Å²) >= 11 is 0. The van der Waals surface area contributed by atoms with E-state index in [9.17, 15) is 10.1 Å². The molecule has 3 rings (SSSR count). The van der Waals surface area contributed by atoms with E-state index in [-0.39, 0.29) is 5.57 Å². The predicted molar refractivity (Wildman–Crippen MR) is 125 cm³/mol. The van der Waals surface area contributed by atoms with Crippen molar-refractivity contribution in [2.45, 2.75) is 20.3 Å². The number of aromatic nitrogens is 1. The first-order valence-electron chi connectivity index (χ1n) is 10.5. The van der Waals surface area contributed by atoms with Crippen LogP contribution in [0, 0.1) is 11.3 Å². The molecule has 31 heavy (non-hydrogen) atoms. The molecule has 0 bridgehead atoms. The molecule has 3 aromatic rings. The maximum absolute atomic E-state index is 12.6. The Morgan fingerprint density at radius 3 is 2.71 bits per heavy atom. The highest BCUT2D eigenvalue weighted by atomic mass is 16.5. The largest absolute Gasteiger partial charge is 0.496 e. The Morgan fingerprint density at radius 1 is 1.23 bits per heavy atom. The average Bonchev–Trinajstić information content (AvgIpc) is 3.21. The number of rotatable bonds is 9. The molecule has 0 fully saturated rings. The zero-order chi connectivity index (χ0) is 22.2. The molecule has 0 unspecified atom stereocenters. The summed E-state index contributed by atoms with van der Waals surface area (Å²) in [5.74, 6) is 0.237. The normalized spacial score (nSPS) is 11.2. The number of nitriles is 1. The molecule has 6 heteroatoms. The van der Waals surface area contributed by atoms with E-state index in [1.165, 1.54) is 0 Å². The number of ether oxygens (including phenoxy) is 1. The Bertz CT molecular complexity index is 1120. The van der Waals surface area contributed by atoms with Gasteiger partial charge in [0.1, 0.15) is 17.4 Å². The van der Waals surface area contributed by atoms with Gasteiger partial charge in [0, 0.05) is 54.1 Å². The number of hydrogen-bond acceptors (Lipinski definition) is 4. The van der Waals surface area contributed by atoms with Gasteiger partial charge in [0.25, 0.3) is 5.91 Å². The van der Waals surface area contributed by atoms with E-state index in [0.717, 1.165) is 35.2 Å². The van der Waals surface area contributed by atoms with Crippen LogP contribution in [0.25, 0.3) is 17.0 Å². The minimum Gasteiger partial charge on any atom is -0.496 e. The second-order valence-electron chi connectivity index (χ2n) is 7.13. The standard InChI is InChI=1S/C25H28N4O2/c1-4-29(5-2)21-11-10-18(24(15-21)31-3)14-20(16-26)25(30)27-13-12-19-17-28-23-9-7-6-8-22(19)23/h6-11,14-15,17,28H,4-5,12-13H2,1-3H3,(H,27,30)/b20-14-. The lowest BCUT2D eigenvalue weighted by Gasteiger charge is -2.22. The number of benzene rings is 2. The highest BCUT2D eigenvalue weighted by molar-refractivity contribution is 6.02. The van der Waals surface area contributed by atoms with Gasteiger partial charge in [-0.3, -0.25) is 4.79 Å². The van der Waals surface area contributed by atoms with Crippen molar-refractivity contribution in [3.63, 3.8) is 0 Å². The van der Waals surface area contributed by atoms with Crippen molar-refractivity contribution in [1.29, 1.82) is 5.26 Å². The number of carbonyl (C=O) groups excluding carboxylic acids is 1. The van der Waals surface area contributed by atoms with Gasteiger partial charge >= 0.3 is 0 Å². The van der Waals surface area contributed by atoms with Crippen molar-refractivity contribution in [3.8, 4) is 11.8 Å². The second-order valence-corrected chi connectivity index (χ2v) is 7.13. The van der Waals surface area contributed by atoms with Crippen molar-refractivity contribution in [2.75, 3.05) is 31.6 Å². The Labute approximate surface area is 183 Å². The molecule has 0 radical (unpaired) electrons. The number of amides is 1. The van der Waals surface area contributed by atoms with Gasteiger partial charge in [-0.1, -0.05) is 18.2 Å². The fourth-order valence-corrected chi connectivity index (χ4v) is 3.65. The molecule has 2 aromatic carbocycles. The summed E-state index contributed by atoms with van der Waals surface area (Å²) < 4.78 is 5.51. The Hall–Kier alpha value is -3.72. The lowest BCUT2D eigenvalue weighted by Crippen LogP contribution is -2.26. The summed E-state index contributed by atoms with van der Waals surface area (Å²) in [5.41, 5.74) is 3.99. The molecule has 1 amide bonds. The number of fused-ring (bicyclic) bond motifs is 1. The van der Waals surface area contributed by atoms with Crippen LogP contribution in [0.1, 0.15) is 25.0 Å². The van der Waals surface area contributed by atoms with Crippen LogP contribution in [0.5, 0.6) is 5.75 Å². The summed E-state index contributed by atoms with van der Waals surface area (Å²) in [7, 11) is 1.59. The van der Waals surface area contributed by atoms with Crippen molar-refractivity contribution in [2.24, 2.45) is 0 Å². The summed E-state index contributed by atoms with van der Waals surface area (Å²) in [6, 6.07) is 15.9. The fourth-order valence-electron chi connectivity index (χ4n) is 3.65. The van der Waals surface area contributed by atoms with Gasteiger partial charge in [-0.05, 0) is 50.1 Å². The van der Waals surface area contributed by atoms with Crippen molar-refractivity contribution in [3.05, 3.63) is 65.4 Å². The van der Waals surface area contributed by atoms with Gasteiger partial charge in [-0.15, -0.1) is 0 Å². The number of anilines is 1. The van der Waals surface area contributed by atoms with E-state index < -0.39 is 5.91 Å². The second kappa shape index (κ2) is 10.4. The highest BCUT2D eigenvalue weighted by Gasteiger charge is 2.12. The van der Waals surface area contributed by atoms with E-state index in [0.29, 0.717) is 24.3 Å². The quantitative estimate of drug-likeness (QED) is 0.403. The van der Waals surface area contributed by atoms with Crippen LogP contribution in [0.2, 0.25) is 0 Å². The van der Waals surface area contributed by atoms with E-state index in [2.05, 4.69) is 35.1 Å². The Balaban J connectivity index is 1.70. The smallest absolute Gasteiger partial charge is 0.261 e. The average molecular weight is 417 g/mol. The number of para-hydroxylation sites is 1. The van der Waals surface area contributed by atoms with Gasteiger partial charge in [0.05, 0.1) is 7.11 Å². The first-order chi connectivity index (χ1) is 15.1. The number of methoxy groups -OCH3 is 1. The molecular formula is C25H28N4O2. The van der Waals surface area contributed by atoms with Crippen LogP contribution in [0.3, 0.4) is 0 Å². The summed E-state index contributed by atoms with van der Waals surface area (Å²) in [4.78, 5) is 18.0. The molecule has 1 aromatic heterocycles. The Kier molecular flexibility index (Phi) is 7.34. The summed E-state index contributed by atoms with van der Waals surface area (Å²) in [6.45, 7) is 6.41. The lowest BCUT2D eigenvalue weighted by atomic mass is 10.1. The third-order valence-electron chi connectivity index (χ3n) is 5.37. The van der Waals surface area contributed by atoms with Crippen LogP contribution >= 0.6 is 0 Å². The van der Waals surface area contributed by atoms with Crippen LogP contribution in [-0.2, 0) is 11.2 Å². The molecule has 0 aliphatic carbocycles. The van der Waals surface area contributed by atoms with Crippen molar-refractivity contribution in [1.82, 2.24) is 10.3 Å². The van der Waals surface area contributed by atoms with E-state index in [1.54, 1.807) is 13.2 Å². The van der Waals surface area contributed by atoms with Crippen LogP contribution in [-0.4, -0.2) is 37.6 Å². The minimum atomic E-state index is -0.391. The SMILES string of the molecule is CCN(CC)c1ccc(/C=C(/C#N)C(=O)NCCc2c[nH]c3ccccc23)c(OC)c1. The number of aromatic amines is 1. The van der Waals surface area contributed by atoms with E-state index in [1.807, 2.05) is 48.7 Å². The number of H-pyrrole nitrogens is 1. The van der Waals surface area contributed by atoms with Gasteiger partial charge in [0.15, 0.2) is 0 Å². The van der Waals surface area contributed by atoms with E-state index in [4.69, 9.17) is 4.74 Å². The zero-order valence-corrected chi connectivity index (χ0v) is 18.2. The zero-order valence-electron chi connectivity index (χ0n) is 18.2. The molecule has 0 spiro atoms. The lowest BCUT2D eigenvalue weighted by molar-refractivity contribution is -0.117. The van der Waals surface area contributed by atoms with Gasteiger partial charge < -0.3 is 19.9 Å². The molecule has 2 N–H and O–H groups in total. The van der Waals surface area contributed by atoms with Crippen molar-refractivity contribution < 1.29 is 9.53 Å². The third kappa shape index (κ3) is 5.07. The number of nitrogens with one attached hydrogen (secondary N) is 2. The molecule has 6 nitrogen and oxygen atoms in total. The Morgan fingerprint density at radius 2 is 2.00 bits per heavy atom. The topological polar surface area (TPSA) is 81.2 Å². The highest BCUT2D eigenvalue weighted by Crippen LogP contribution is 2.27. The van der Waals surface area contributed by atoms with Crippen LogP contribution in [0.15, 0.2) is 54.2 Å². The van der Waals surface area contributed by atoms with Crippen LogP contribution < -0.4 is 15.0 Å². The number of hydrogen-bond donors (Lipinski definition) is 2. The molecule has 1 heterocycles. The monoisotopic (exact) mass is 416 g/mol. The molecule has 0 aliphatic heterocycles. The number of nitrogens with zero attached hydrogens (tertiary/aromatic N) is 2. The number of carbonyl (C=O) groups is 1. The molecule has 0 atom stereocenters. The van der Waals surface area contributed by atoms with Crippen molar-refractivity contribution >= 4 is 28.6 Å². The maximum Gasteiger partial charge on any atom is 0.261 e.